The first-order chi connectivity index (χ1) is 10.1. The molecule has 1 aromatic heterocycles. The van der Waals surface area contributed by atoms with Crippen LogP contribution in [0, 0.1) is 6.92 Å². The Kier molecular flexibility index (Phi) is 3.92. The average molecular weight is 303 g/mol. The van der Waals surface area contributed by atoms with E-state index in [4.69, 9.17) is 9.84 Å². The Balaban J connectivity index is 1.70. The summed E-state index contributed by atoms with van der Waals surface area (Å²) in [6.07, 6.45) is 2.30. The van der Waals surface area contributed by atoms with Crippen molar-refractivity contribution in [3.63, 3.8) is 0 Å². The van der Waals surface area contributed by atoms with Crippen molar-refractivity contribution >= 4 is 17.3 Å². The van der Waals surface area contributed by atoms with Crippen molar-refractivity contribution in [1.82, 2.24) is 4.98 Å². The molecule has 0 atom stereocenters. The smallest absolute Gasteiger partial charge is 0.308 e. The van der Waals surface area contributed by atoms with Gasteiger partial charge in [-0.25, -0.2) is 4.98 Å². The third kappa shape index (κ3) is 3.61. The lowest BCUT2D eigenvalue weighted by Crippen LogP contribution is -2.00. The zero-order chi connectivity index (χ0) is 14.8. The molecule has 0 unspecified atom stereocenters. The molecule has 0 amide bonds. The number of nitrogens with zero attached hydrogens (tertiary/aromatic N) is 1. The Hall–Kier alpha value is -1.88. The van der Waals surface area contributed by atoms with Gasteiger partial charge in [0.15, 0.2) is 0 Å². The summed E-state index contributed by atoms with van der Waals surface area (Å²) in [5.41, 5.74) is 2.17. The molecule has 1 aliphatic carbocycles. The molecule has 3 rings (SSSR count). The molecular formula is C16H17NO3S. The molecule has 1 heterocycles. The van der Waals surface area contributed by atoms with Crippen LogP contribution in [0.2, 0.25) is 0 Å². The van der Waals surface area contributed by atoms with Crippen LogP contribution in [-0.2, 0) is 17.8 Å². The number of aromatic nitrogens is 1. The maximum atomic E-state index is 10.9. The van der Waals surface area contributed by atoms with Gasteiger partial charge in [0.1, 0.15) is 17.4 Å². The summed E-state index contributed by atoms with van der Waals surface area (Å²) in [5, 5.41) is 9.84. The summed E-state index contributed by atoms with van der Waals surface area (Å²) < 4.78 is 5.72. The number of rotatable bonds is 6. The first kappa shape index (κ1) is 14.1. The van der Waals surface area contributed by atoms with Gasteiger partial charge < -0.3 is 9.84 Å². The predicted octanol–water partition coefficient (Wildman–Crippen LogP) is 3.54. The minimum absolute atomic E-state index is 0.0635. The fourth-order valence-electron chi connectivity index (χ4n) is 2.20. The van der Waals surface area contributed by atoms with Crippen LogP contribution in [0.5, 0.6) is 5.75 Å². The zero-order valence-corrected chi connectivity index (χ0v) is 12.7. The minimum Gasteiger partial charge on any atom is -0.486 e. The summed E-state index contributed by atoms with van der Waals surface area (Å²) >= 11 is 1.46. The molecule has 1 fully saturated rings. The highest BCUT2D eigenvalue weighted by molar-refractivity contribution is 7.11. The standard InChI is InChI=1S/C16H17NO3S/c1-10-2-6-12(7-3-10)20-9-14-17-16(11-4-5-11)13(21-14)8-15(18)19/h2-3,6-7,11H,4-5,8-9H2,1H3,(H,18,19). The second kappa shape index (κ2) is 5.85. The molecule has 1 saturated carbocycles. The SMILES string of the molecule is Cc1ccc(OCc2nc(C3CC3)c(CC(=O)O)s2)cc1. The molecule has 1 aliphatic rings. The number of aliphatic carboxylic acids is 1. The Labute approximate surface area is 127 Å². The lowest BCUT2D eigenvalue weighted by atomic mass is 10.2. The number of ether oxygens (including phenoxy) is 1. The maximum Gasteiger partial charge on any atom is 0.308 e. The van der Waals surface area contributed by atoms with Crippen molar-refractivity contribution in [1.29, 1.82) is 0 Å². The third-order valence-corrected chi connectivity index (χ3v) is 4.48. The van der Waals surface area contributed by atoms with Crippen LogP contribution in [0.15, 0.2) is 24.3 Å². The van der Waals surface area contributed by atoms with Gasteiger partial charge in [0.05, 0.1) is 12.1 Å². The van der Waals surface area contributed by atoms with E-state index in [2.05, 4.69) is 4.98 Å². The van der Waals surface area contributed by atoms with Gasteiger partial charge in [-0.05, 0) is 31.9 Å². The fraction of sp³-hybridized carbons (Fsp3) is 0.375. The number of hydrogen-bond acceptors (Lipinski definition) is 4. The highest BCUT2D eigenvalue weighted by Gasteiger charge is 2.30. The molecule has 110 valence electrons. The van der Waals surface area contributed by atoms with E-state index >= 15 is 0 Å². The summed E-state index contributed by atoms with van der Waals surface area (Å²) in [7, 11) is 0. The number of thiazole rings is 1. The van der Waals surface area contributed by atoms with E-state index in [1.54, 1.807) is 0 Å². The molecule has 21 heavy (non-hydrogen) atoms. The van der Waals surface area contributed by atoms with E-state index in [1.165, 1.54) is 16.9 Å². The Bertz CT molecular complexity index is 644. The molecule has 0 saturated heterocycles. The first-order valence-corrected chi connectivity index (χ1v) is 7.83. The van der Waals surface area contributed by atoms with Crippen molar-refractivity contribution in [2.75, 3.05) is 0 Å². The van der Waals surface area contributed by atoms with Crippen molar-refractivity contribution in [3.8, 4) is 5.75 Å². The Morgan fingerprint density at radius 2 is 2.10 bits per heavy atom. The molecular weight excluding hydrogens is 286 g/mol. The van der Waals surface area contributed by atoms with Gasteiger partial charge in [0, 0.05) is 10.8 Å². The lowest BCUT2D eigenvalue weighted by molar-refractivity contribution is -0.136. The lowest BCUT2D eigenvalue weighted by Gasteiger charge is -2.03. The van der Waals surface area contributed by atoms with Crippen LogP contribution < -0.4 is 4.74 Å². The van der Waals surface area contributed by atoms with Crippen LogP contribution in [0.4, 0.5) is 0 Å². The normalized spacial score (nSPS) is 14.1. The second-order valence-electron chi connectivity index (χ2n) is 5.36. The van der Waals surface area contributed by atoms with Gasteiger partial charge in [0.25, 0.3) is 0 Å². The van der Waals surface area contributed by atoms with Gasteiger partial charge >= 0.3 is 5.97 Å². The molecule has 1 aromatic carbocycles. The number of benzene rings is 1. The van der Waals surface area contributed by atoms with Crippen molar-refractivity contribution in [2.24, 2.45) is 0 Å². The van der Waals surface area contributed by atoms with Crippen molar-refractivity contribution in [3.05, 3.63) is 45.4 Å². The van der Waals surface area contributed by atoms with Crippen LogP contribution in [0.25, 0.3) is 0 Å². The average Bonchev–Trinajstić information content (AvgIpc) is 3.21. The largest absolute Gasteiger partial charge is 0.486 e. The maximum absolute atomic E-state index is 10.9. The molecule has 0 bridgehead atoms. The third-order valence-electron chi connectivity index (χ3n) is 3.43. The van der Waals surface area contributed by atoms with Crippen LogP contribution in [-0.4, -0.2) is 16.1 Å². The topological polar surface area (TPSA) is 59.4 Å². The van der Waals surface area contributed by atoms with Crippen LogP contribution in [0.3, 0.4) is 0 Å². The monoisotopic (exact) mass is 303 g/mol. The van der Waals surface area contributed by atoms with E-state index < -0.39 is 5.97 Å². The van der Waals surface area contributed by atoms with Gasteiger partial charge in [-0.2, -0.15) is 0 Å². The van der Waals surface area contributed by atoms with E-state index in [1.807, 2.05) is 31.2 Å². The number of aryl methyl sites for hydroxylation is 1. The molecule has 1 N–H and O–H groups in total. The molecule has 2 aromatic rings. The van der Waals surface area contributed by atoms with Crippen molar-refractivity contribution in [2.45, 2.75) is 38.7 Å². The first-order valence-electron chi connectivity index (χ1n) is 7.01. The summed E-state index contributed by atoms with van der Waals surface area (Å²) in [6, 6.07) is 7.87. The van der Waals surface area contributed by atoms with E-state index in [-0.39, 0.29) is 6.42 Å². The van der Waals surface area contributed by atoms with Gasteiger partial charge in [-0.3, -0.25) is 4.79 Å². The molecule has 0 radical (unpaired) electrons. The Morgan fingerprint density at radius 1 is 1.38 bits per heavy atom. The summed E-state index contributed by atoms with van der Waals surface area (Å²) in [5.74, 6) is 0.471. The quantitative estimate of drug-likeness (QED) is 0.887. The minimum atomic E-state index is -0.799. The fourth-order valence-corrected chi connectivity index (χ4v) is 3.25. The van der Waals surface area contributed by atoms with Crippen LogP contribution in [0.1, 0.15) is 39.9 Å². The molecule has 4 nitrogen and oxygen atoms in total. The van der Waals surface area contributed by atoms with E-state index in [0.29, 0.717) is 12.5 Å². The molecule has 5 heteroatoms. The highest BCUT2D eigenvalue weighted by Crippen LogP contribution is 2.42. The number of carbonyl (C=O) groups is 1. The highest BCUT2D eigenvalue weighted by atomic mass is 32.1. The predicted molar refractivity (Wildman–Crippen MR) is 80.9 cm³/mol. The van der Waals surface area contributed by atoms with E-state index in [0.717, 1.165) is 34.2 Å². The zero-order valence-electron chi connectivity index (χ0n) is 11.8. The van der Waals surface area contributed by atoms with Crippen molar-refractivity contribution < 1.29 is 14.6 Å². The number of hydrogen-bond donors (Lipinski definition) is 1. The summed E-state index contributed by atoms with van der Waals surface area (Å²) in [6.45, 7) is 2.43. The van der Waals surface area contributed by atoms with Crippen LogP contribution >= 0.6 is 11.3 Å². The number of carboxylic acids is 1. The van der Waals surface area contributed by atoms with Gasteiger partial charge in [-0.1, -0.05) is 17.7 Å². The Morgan fingerprint density at radius 3 is 2.71 bits per heavy atom. The second-order valence-corrected chi connectivity index (χ2v) is 6.53. The molecule has 0 spiro atoms. The van der Waals surface area contributed by atoms with E-state index in [9.17, 15) is 4.79 Å². The number of carboxylic acid groups (broad SMARTS) is 1. The van der Waals surface area contributed by atoms with Gasteiger partial charge in [0.2, 0.25) is 0 Å². The molecule has 0 aliphatic heterocycles. The van der Waals surface area contributed by atoms with Gasteiger partial charge in [-0.15, -0.1) is 11.3 Å². The summed E-state index contributed by atoms with van der Waals surface area (Å²) in [4.78, 5) is 16.4.